The second kappa shape index (κ2) is 8.39. The summed E-state index contributed by atoms with van der Waals surface area (Å²) < 4.78 is 6.87. The Bertz CT molecular complexity index is 1170. The monoisotopic (exact) mass is 418 g/mol. The summed E-state index contributed by atoms with van der Waals surface area (Å²) in [4.78, 5) is 17.4. The van der Waals surface area contributed by atoms with Crippen LogP contribution in [0.2, 0.25) is 5.02 Å². The zero-order valence-corrected chi connectivity index (χ0v) is 17.2. The molecule has 7 heteroatoms. The summed E-state index contributed by atoms with van der Waals surface area (Å²) in [5.74, 6) is 0.897. The number of nitrogens with zero attached hydrogens (tertiary/aromatic N) is 3. The number of rotatable bonds is 5. The molecule has 0 spiro atoms. The van der Waals surface area contributed by atoms with E-state index in [1.807, 2.05) is 73.7 Å². The number of halogens is 1. The van der Waals surface area contributed by atoms with Crippen LogP contribution >= 0.6 is 11.6 Å². The van der Waals surface area contributed by atoms with E-state index in [0.717, 1.165) is 22.6 Å². The van der Waals surface area contributed by atoms with Gasteiger partial charge in [0.15, 0.2) is 5.82 Å². The molecule has 0 atom stereocenters. The van der Waals surface area contributed by atoms with E-state index in [0.29, 0.717) is 16.5 Å². The van der Waals surface area contributed by atoms with Gasteiger partial charge in [0.05, 0.1) is 23.5 Å². The van der Waals surface area contributed by atoms with Gasteiger partial charge in [0.25, 0.3) is 5.91 Å². The predicted molar refractivity (Wildman–Crippen MR) is 117 cm³/mol. The van der Waals surface area contributed by atoms with Crippen molar-refractivity contribution in [3.63, 3.8) is 0 Å². The largest absolute Gasteiger partial charge is 0.497 e. The van der Waals surface area contributed by atoms with Crippen molar-refractivity contribution in [3.05, 3.63) is 89.2 Å². The van der Waals surface area contributed by atoms with Gasteiger partial charge in [-0.3, -0.25) is 4.79 Å². The maximum absolute atomic E-state index is 12.9. The number of aryl methyl sites for hydroxylation is 1. The molecule has 0 unspecified atom stereocenters. The van der Waals surface area contributed by atoms with Crippen LogP contribution in [0.15, 0.2) is 72.8 Å². The zero-order valence-electron chi connectivity index (χ0n) is 16.5. The van der Waals surface area contributed by atoms with Gasteiger partial charge in [-0.05, 0) is 42.8 Å². The number of carbonyl (C=O) groups excluding carboxylic acids is 1. The Kier molecular flexibility index (Phi) is 5.50. The summed E-state index contributed by atoms with van der Waals surface area (Å²) >= 11 is 6.25. The summed E-state index contributed by atoms with van der Waals surface area (Å²) in [5.41, 5.74) is 3.00. The highest BCUT2D eigenvalue weighted by Gasteiger charge is 2.20. The van der Waals surface area contributed by atoms with E-state index in [9.17, 15) is 4.79 Å². The Hall–Kier alpha value is -3.64. The Morgan fingerprint density at radius 2 is 1.73 bits per heavy atom. The van der Waals surface area contributed by atoms with Gasteiger partial charge in [0.1, 0.15) is 5.75 Å². The van der Waals surface area contributed by atoms with Crippen LogP contribution in [0, 0.1) is 6.92 Å². The number of ether oxygens (including phenoxy) is 1. The van der Waals surface area contributed by atoms with Crippen molar-refractivity contribution in [1.29, 1.82) is 0 Å². The molecule has 4 rings (SSSR count). The van der Waals surface area contributed by atoms with Crippen LogP contribution in [0.5, 0.6) is 5.75 Å². The number of benzene rings is 3. The van der Waals surface area contributed by atoms with Crippen LogP contribution in [-0.2, 0) is 0 Å². The van der Waals surface area contributed by atoms with Crippen LogP contribution in [0.25, 0.3) is 17.1 Å². The summed E-state index contributed by atoms with van der Waals surface area (Å²) in [5, 5.41) is 7.76. The molecule has 1 aromatic heterocycles. The summed E-state index contributed by atoms with van der Waals surface area (Å²) in [6.45, 7) is 1.88. The maximum atomic E-state index is 12.9. The molecule has 6 nitrogen and oxygen atoms in total. The molecule has 0 aliphatic carbocycles. The molecular weight excluding hydrogens is 400 g/mol. The molecule has 0 aliphatic heterocycles. The van der Waals surface area contributed by atoms with Gasteiger partial charge >= 0.3 is 0 Å². The first kappa shape index (κ1) is 19.7. The van der Waals surface area contributed by atoms with E-state index in [1.54, 1.807) is 17.9 Å². The molecule has 0 fully saturated rings. The minimum atomic E-state index is -0.435. The smallest absolute Gasteiger partial charge is 0.295 e. The number of hydrogen-bond acceptors (Lipinski definition) is 4. The van der Waals surface area contributed by atoms with Crippen LogP contribution in [0.4, 0.5) is 5.69 Å². The lowest BCUT2D eigenvalue weighted by atomic mass is 10.2. The first-order valence-corrected chi connectivity index (χ1v) is 9.68. The lowest BCUT2D eigenvalue weighted by Crippen LogP contribution is -2.15. The number of anilines is 1. The quantitative estimate of drug-likeness (QED) is 0.486. The topological polar surface area (TPSA) is 69.0 Å². The lowest BCUT2D eigenvalue weighted by Gasteiger charge is -2.08. The second-order valence-electron chi connectivity index (χ2n) is 6.62. The van der Waals surface area contributed by atoms with Crippen LogP contribution < -0.4 is 10.1 Å². The average molecular weight is 419 g/mol. The molecule has 0 saturated heterocycles. The molecule has 1 heterocycles. The van der Waals surface area contributed by atoms with Gasteiger partial charge in [-0.2, -0.15) is 0 Å². The van der Waals surface area contributed by atoms with Gasteiger partial charge in [0.2, 0.25) is 5.82 Å². The zero-order chi connectivity index (χ0) is 21.1. The van der Waals surface area contributed by atoms with Crippen LogP contribution in [0.1, 0.15) is 16.2 Å². The number of nitrogens with one attached hydrogen (secondary N) is 1. The molecule has 0 radical (unpaired) electrons. The molecule has 0 saturated carbocycles. The highest BCUT2D eigenvalue weighted by atomic mass is 35.5. The SMILES string of the molecule is COc1ccc(-n2nc(C(=O)Nc3c(C)cccc3Cl)nc2-c2ccccc2)cc1. The van der Waals surface area contributed by atoms with Crippen molar-refractivity contribution in [2.45, 2.75) is 6.92 Å². The third-order valence-corrected chi connectivity index (χ3v) is 4.93. The van der Waals surface area contributed by atoms with E-state index < -0.39 is 5.91 Å². The minimum absolute atomic E-state index is 0.0454. The minimum Gasteiger partial charge on any atom is -0.497 e. The van der Waals surface area contributed by atoms with Crippen molar-refractivity contribution in [3.8, 4) is 22.8 Å². The van der Waals surface area contributed by atoms with Gasteiger partial charge in [0, 0.05) is 5.56 Å². The first-order valence-electron chi connectivity index (χ1n) is 9.30. The second-order valence-corrected chi connectivity index (χ2v) is 7.03. The third kappa shape index (κ3) is 3.90. The van der Waals surface area contributed by atoms with Crippen LogP contribution in [-0.4, -0.2) is 27.8 Å². The van der Waals surface area contributed by atoms with Crippen LogP contribution in [0.3, 0.4) is 0 Å². The molecule has 150 valence electrons. The van der Waals surface area contributed by atoms with E-state index in [1.165, 1.54) is 0 Å². The molecule has 1 N–H and O–H groups in total. The number of para-hydroxylation sites is 1. The normalized spacial score (nSPS) is 10.6. The predicted octanol–water partition coefficient (Wildman–Crippen LogP) is 5.16. The Labute approximate surface area is 179 Å². The molecule has 0 bridgehead atoms. The van der Waals surface area contributed by atoms with Gasteiger partial charge in [-0.1, -0.05) is 54.1 Å². The van der Waals surface area contributed by atoms with Crippen molar-refractivity contribution in [2.75, 3.05) is 12.4 Å². The summed E-state index contributed by atoms with van der Waals surface area (Å²) in [6.07, 6.45) is 0. The highest BCUT2D eigenvalue weighted by Crippen LogP contribution is 2.27. The Morgan fingerprint density at radius 1 is 1.00 bits per heavy atom. The van der Waals surface area contributed by atoms with Gasteiger partial charge in [-0.15, -0.1) is 5.10 Å². The summed E-state index contributed by atoms with van der Waals surface area (Å²) in [6, 6.07) is 22.4. The average Bonchev–Trinajstić information content (AvgIpc) is 3.23. The fourth-order valence-corrected chi connectivity index (χ4v) is 3.31. The molecule has 1 amide bonds. The van der Waals surface area contributed by atoms with E-state index in [2.05, 4.69) is 15.4 Å². The van der Waals surface area contributed by atoms with Crippen molar-refractivity contribution >= 4 is 23.2 Å². The maximum Gasteiger partial charge on any atom is 0.295 e. The Morgan fingerprint density at radius 3 is 2.40 bits per heavy atom. The number of carbonyl (C=O) groups is 1. The molecular formula is C23H19ClN4O2. The standard InChI is InChI=1S/C23H19ClN4O2/c1-15-7-6-10-19(24)20(15)25-23(29)21-26-22(16-8-4-3-5-9-16)28(27-21)17-11-13-18(30-2)14-12-17/h3-14H,1-2H3,(H,25,29). The van der Waals surface area contributed by atoms with Crippen molar-refractivity contribution < 1.29 is 9.53 Å². The summed E-state index contributed by atoms with van der Waals surface area (Å²) in [7, 11) is 1.61. The number of amides is 1. The fourth-order valence-electron chi connectivity index (χ4n) is 3.05. The molecule has 3 aromatic carbocycles. The number of hydrogen-bond donors (Lipinski definition) is 1. The highest BCUT2D eigenvalue weighted by molar-refractivity contribution is 6.34. The molecule has 0 aliphatic rings. The van der Waals surface area contributed by atoms with Crippen molar-refractivity contribution in [1.82, 2.24) is 14.8 Å². The van der Waals surface area contributed by atoms with E-state index in [4.69, 9.17) is 16.3 Å². The third-order valence-electron chi connectivity index (χ3n) is 4.62. The fraction of sp³-hybridized carbons (Fsp3) is 0.0870. The van der Waals surface area contributed by atoms with E-state index >= 15 is 0 Å². The number of aromatic nitrogens is 3. The van der Waals surface area contributed by atoms with E-state index in [-0.39, 0.29) is 5.82 Å². The lowest BCUT2D eigenvalue weighted by molar-refractivity contribution is 0.101. The van der Waals surface area contributed by atoms with Crippen molar-refractivity contribution in [2.24, 2.45) is 0 Å². The Balaban J connectivity index is 1.76. The van der Waals surface area contributed by atoms with Gasteiger partial charge < -0.3 is 10.1 Å². The molecule has 30 heavy (non-hydrogen) atoms. The first-order chi connectivity index (χ1) is 14.6. The number of methoxy groups -OCH3 is 1. The molecule has 4 aromatic rings. The van der Waals surface area contributed by atoms with Gasteiger partial charge in [-0.25, -0.2) is 9.67 Å².